The first-order valence-electron chi connectivity index (χ1n) is 12.1. The van der Waals surface area contributed by atoms with Gasteiger partial charge in [0, 0.05) is 48.5 Å². The average Bonchev–Trinajstić information content (AvgIpc) is 2.89. The van der Waals surface area contributed by atoms with Crippen molar-refractivity contribution in [1.82, 2.24) is 10.3 Å². The molecule has 0 fully saturated rings. The third-order valence-electron chi connectivity index (χ3n) is 6.55. The molecule has 3 aromatic carbocycles. The Labute approximate surface area is 217 Å². The van der Waals surface area contributed by atoms with Crippen LogP contribution in [0.3, 0.4) is 0 Å². The van der Waals surface area contributed by atoms with Crippen LogP contribution in [0.5, 0.6) is 0 Å². The molecule has 0 bridgehead atoms. The van der Waals surface area contributed by atoms with Crippen LogP contribution in [0.25, 0.3) is 11.1 Å². The topological polar surface area (TPSA) is 57.3 Å². The maximum absolute atomic E-state index is 12.9. The molecule has 0 saturated heterocycles. The molecule has 0 atom stereocenters. The minimum absolute atomic E-state index is 0.0935. The molecule has 6 heteroatoms. The molecule has 0 aliphatic carbocycles. The third kappa shape index (κ3) is 5.37. The number of carbonyl (C=O) groups excluding carboxylic acids is 1. The Morgan fingerprint density at radius 2 is 1.89 bits per heavy atom. The molecule has 0 saturated carbocycles. The maximum Gasteiger partial charge on any atom is 0.251 e. The predicted octanol–water partition coefficient (Wildman–Crippen LogP) is 6.38. The predicted molar refractivity (Wildman–Crippen MR) is 148 cm³/mol. The molecule has 1 amide bonds. The minimum Gasteiger partial charge on any atom is -0.367 e. The summed E-state index contributed by atoms with van der Waals surface area (Å²) in [6.45, 7) is 7.11. The molecule has 0 radical (unpaired) electrons. The molecule has 5 nitrogen and oxygen atoms in total. The Balaban J connectivity index is 1.37. The number of fused-ring (bicyclic) bond motifs is 1. The van der Waals surface area contributed by atoms with Crippen molar-refractivity contribution < 1.29 is 4.79 Å². The van der Waals surface area contributed by atoms with Gasteiger partial charge in [-0.15, -0.1) is 0 Å². The number of amides is 1. The quantitative estimate of drug-likeness (QED) is 0.325. The van der Waals surface area contributed by atoms with Crippen molar-refractivity contribution in [2.45, 2.75) is 26.9 Å². The summed E-state index contributed by atoms with van der Waals surface area (Å²) in [7, 11) is 0. The van der Waals surface area contributed by atoms with Gasteiger partial charge in [-0.1, -0.05) is 59.6 Å². The summed E-state index contributed by atoms with van der Waals surface area (Å²) in [6, 6.07) is 24.0. The van der Waals surface area contributed by atoms with Gasteiger partial charge in [-0.3, -0.25) is 4.79 Å². The molecule has 182 valence electrons. The van der Waals surface area contributed by atoms with Gasteiger partial charge in [-0.2, -0.15) is 0 Å². The van der Waals surface area contributed by atoms with E-state index in [2.05, 4.69) is 40.7 Å². The lowest BCUT2D eigenvalue weighted by atomic mass is 10.0. The van der Waals surface area contributed by atoms with Crippen molar-refractivity contribution in [1.29, 1.82) is 0 Å². The highest BCUT2D eigenvalue weighted by Crippen LogP contribution is 2.33. The molecule has 1 aromatic heterocycles. The Kier molecular flexibility index (Phi) is 6.92. The number of aryl methyl sites for hydroxylation is 2. The van der Waals surface area contributed by atoms with Gasteiger partial charge < -0.3 is 15.5 Å². The highest BCUT2D eigenvalue weighted by molar-refractivity contribution is 6.30. The third-order valence-corrected chi connectivity index (χ3v) is 6.78. The number of rotatable bonds is 6. The zero-order valence-electron chi connectivity index (χ0n) is 20.5. The standard InChI is InChI=1S/C30H29ClN4O/c1-20-5-3-6-22(13-20)17-34-30(36)24-8-4-7-23(14-24)25-16-28-29(33-18-25)32-11-12-35(28)19-26-15-27(31)10-9-21(26)2/h3-10,13-16,18H,11-12,17,19H2,1-2H3,(H,32,33)(H,34,36). The lowest BCUT2D eigenvalue weighted by Crippen LogP contribution is -2.34. The van der Waals surface area contributed by atoms with E-state index in [1.807, 2.05) is 67.7 Å². The number of nitrogens with one attached hydrogen (secondary N) is 2. The second kappa shape index (κ2) is 10.4. The van der Waals surface area contributed by atoms with E-state index < -0.39 is 0 Å². The number of aromatic nitrogens is 1. The zero-order valence-corrected chi connectivity index (χ0v) is 21.3. The molecule has 36 heavy (non-hydrogen) atoms. The van der Waals surface area contributed by atoms with Crippen molar-refractivity contribution in [2.24, 2.45) is 0 Å². The van der Waals surface area contributed by atoms with Gasteiger partial charge in [0.25, 0.3) is 5.91 Å². The van der Waals surface area contributed by atoms with Gasteiger partial charge in [0.05, 0.1) is 5.69 Å². The first-order valence-corrected chi connectivity index (χ1v) is 12.5. The summed E-state index contributed by atoms with van der Waals surface area (Å²) in [6.07, 6.45) is 1.86. The Bertz CT molecular complexity index is 1420. The van der Waals surface area contributed by atoms with Gasteiger partial charge in [0.1, 0.15) is 5.82 Å². The second-order valence-corrected chi connectivity index (χ2v) is 9.70. The SMILES string of the molecule is Cc1cccc(CNC(=O)c2cccc(-c3cnc4c(c3)N(Cc3cc(Cl)ccc3C)CCN4)c2)c1. The van der Waals surface area contributed by atoms with Crippen LogP contribution in [0.1, 0.15) is 32.6 Å². The minimum atomic E-state index is -0.0935. The summed E-state index contributed by atoms with van der Waals surface area (Å²) in [5.74, 6) is 0.778. The van der Waals surface area contributed by atoms with E-state index in [1.54, 1.807) is 0 Å². The summed E-state index contributed by atoms with van der Waals surface area (Å²) in [5, 5.41) is 7.18. The number of pyridine rings is 1. The van der Waals surface area contributed by atoms with Crippen molar-refractivity contribution >= 4 is 29.0 Å². The summed E-state index contributed by atoms with van der Waals surface area (Å²) >= 11 is 6.27. The summed E-state index contributed by atoms with van der Waals surface area (Å²) in [5.41, 5.74) is 8.28. The maximum atomic E-state index is 12.9. The molecular weight excluding hydrogens is 468 g/mol. The van der Waals surface area contributed by atoms with E-state index in [9.17, 15) is 4.79 Å². The summed E-state index contributed by atoms with van der Waals surface area (Å²) in [4.78, 5) is 19.9. The highest BCUT2D eigenvalue weighted by Gasteiger charge is 2.20. The van der Waals surface area contributed by atoms with Crippen LogP contribution in [0.4, 0.5) is 11.5 Å². The molecule has 2 heterocycles. The lowest BCUT2D eigenvalue weighted by molar-refractivity contribution is 0.0951. The second-order valence-electron chi connectivity index (χ2n) is 9.26. The molecular formula is C30H29ClN4O. The number of hydrogen-bond acceptors (Lipinski definition) is 4. The van der Waals surface area contributed by atoms with Gasteiger partial charge in [0.2, 0.25) is 0 Å². The van der Waals surface area contributed by atoms with Crippen LogP contribution >= 0.6 is 11.6 Å². The van der Waals surface area contributed by atoms with E-state index in [0.29, 0.717) is 12.1 Å². The van der Waals surface area contributed by atoms with Crippen LogP contribution in [0, 0.1) is 13.8 Å². The average molecular weight is 497 g/mol. The van der Waals surface area contributed by atoms with Crippen molar-refractivity contribution in [3.8, 4) is 11.1 Å². The van der Waals surface area contributed by atoms with Crippen LogP contribution in [0.15, 0.2) is 79.0 Å². The number of benzene rings is 3. The van der Waals surface area contributed by atoms with Crippen LogP contribution in [-0.4, -0.2) is 24.0 Å². The first-order chi connectivity index (χ1) is 17.5. The summed E-state index contributed by atoms with van der Waals surface area (Å²) < 4.78 is 0. The van der Waals surface area contributed by atoms with E-state index in [1.165, 1.54) is 16.7 Å². The number of halogens is 1. The van der Waals surface area contributed by atoms with Gasteiger partial charge in [0.15, 0.2) is 0 Å². The normalized spacial score (nSPS) is 12.6. The monoisotopic (exact) mass is 496 g/mol. The first kappa shape index (κ1) is 23.9. The Hall–Kier alpha value is -3.83. The molecule has 1 aliphatic heterocycles. The molecule has 0 spiro atoms. The van der Waals surface area contributed by atoms with Crippen LogP contribution in [0.2, 0.25) is 5.02 Å². The number of nitrogens with zero attached hydrogens (tertiary/aromatic N) is 2. The van der Waals surface area contributed by atoms with Gasteiger partial charge in [-0.05, 0) is 66.4 Å². The number of carbonyl (C=O) groups is 1. The smallest absolute Gasteiger partial charge is 0.251 e. The Morgan fingerprint density at radius 1 is 1.03 bits per heavy atom. The van der Waals surface area contributed by atoms with Crippen molar-refractivity contribution in [2.75, 3.05) is 23.3 Å². The molecule has 2 N–H and O–H groups in total. The van der Waals surface area contributed by atoms with E-state index in [-0.39, 0.29) is 5.91 Å². The van der Waals surface area contributed by atoms with Gasteiger partial charge in [-0.25, -0.2) is 4.98 Å². The van der Waals surface area contributed by atoms with Crippen LogP contribution in [-0.2, 0) is 13.1 Å². The molecule has 0 unspecified atom stereocenters. The van der Waals surface area contributed by atoms with E-state index in [4.69, 9.17) is 16.6 Å². The number of hydrogen-bond donors (Lipinski definition) is 2. The fraction of sp³-hybridized carbons (Fsp3) is 0.200. The Morgan fingerprint density at radius 3 is 2.75 bits per heavy atom. The fourth-order valence-electron chi connectivity index (χ4n) is 4.54. The lowest BCUT2D eigenvalue weighted by Gasteiger charge is -2.32. The number of anilines is 2. The van der Waals surface area contributed by atoms with Crippen LogP contribution < -0.4 is 15.5 Å². The largest absolute Gasteiger partial charge is 0.367 e. The van der Waals surface area contributed by atoms with E-state index >= 15 is 0 Å². The molecule has 5 rings (SSSR count). The van der Waals surface area contributed by atoms with Crippen molar-refractivity contribution in [3.63, 3.8) is 0 Å². The zero-order chi connectivity index (χ0) is 25.1. The highest BCUT2D eigenvalue weighted by atomic mass is 35.5. The van der Waals surface area contributed by atoms with Gasteiger partial charge >= 0.3 is 0 Å². The van der Waals surface area contributed by atoms with E-state index in [0.717, 1.165) is 52.9 Å². The molecule has 1 aliphatic rings. The van der Waals surface area contributed by atoms with Crippen molar-refractivity contribution in [3.05, 3.63) is 112 Å². The molecule has 4 aromatic rings. The fourth-order valence-corrected chi connectivity index (χ4v) is 4.74.